The van der Waals surface area contributed by atoms with Gasteiger partial charge in [0.05, 0.1) is 26.2 Å². The molecule has 0 unspecified atom stereocenters. The van der Waals surface area contributed by atoms with Gasteiger partial charge >= 0.3 is 0 Å². The lowest BCUT2D eigenvalue weighted by Gasteiger charge is -2.24. The summed E-state index contributed by atoms with van der Waals surface area (Å²) in [4.78, 5) is 27.2. The highest BCUT2D eigenvalue weighted by Gasteiger charge is 2.30. The highest BCUT2D eigenvalue weighted by Crippen LogP contribution is 2.39. The molecule has 0 aromatic heterocycles. The molecule has 0 atom stereocenters. The van der Waals surface area contributed by atoms with Crippen LogP contribution in [0.1, 0.15) is 73.1 Å². The maximum absolute atomic E-state index is 13.5. The number of ketones is 1. The highest BCUT2D eigenvalue weighted by molar-refractivity contribution is 8.93. The number of halogens is 1. The maximum atomic E-state index is 13.5. The Balaban J connectivity index is 0.00000533. The van der Waals surface area contributed by atoms with Crippen molar-refractivity contribution in [1.82, 2.24) is 10.2 Å². The zero-order valence-corrected chi connectivity index (χ0v) is 25.1. The molecule has 0 radical (unpaired) electrons. The van der Waals surface area contributed by atoms with E-state index in [4.69, 9.17) is 20.0 Å². The molecule has 3 rings (SSSR count). The Morgan fingerprint density at radius 1 is 1.10 bits per heavy atom. The monoisotopic (exact) mass is 605 g/mol. The number of aromatic hydroxyl groups is 1. The first kappa shape index (κ1) is 32.1. The van der Waals surface area contributed by atoms with E-state index in [0.29, 0.717) is 60.6 Å². The van der Waals surface area contributed by atoms with Crippen LogP contribution in [0.25, 0.3) is 0 Å². The Bertz CT molecular complexity index is 1210. The van der Waals surface area contributed by atoms with Crippen LogP contribution >= 0.6 is 17.0 Å². The number of amidine groups is 1. The third-order valence-corrected chi connectivity index (χ3v) is 6.50. The zero-order valence-electron chi connectivity index (χ0n) is 23.3. The van der Waals surface area contributed by atoms with Crippen molar-refractivity contribution < 1.29 is 29.3 Å². The molecule has 0 saturated heterocycles. The molecule has 10 heteroatoms. The van der Waals surface area contributed by atoms with Crippen LogP contribution < -0.4 is 14.8 Å². The topological polar surface area (TPSA) is 132 Å². The number of hydrogen-bond acceptors (Lipinski definition) is 7. The summed E-state index contributed by atoms with van der Waals surface area (Å²) in [6.45, 7) is 8.88. The molecular weight excluding hydrogens is 566 g/mol. The van der Waals surface area contributed by atoms with Crippen molar-refractivity contribution in [3.63, 3.8) is 0 Å². The number of likely N-dealkylation sites (N-methyl/N-ethyl adjacent to an activating group) is 1. The molecule has 0 saturated carbocycles. The molecular formula is C29H40BrN3O6. The Hall–Kier alpha value is -3.11. The largest absolute Gasteiger partial charge is 0.504 e. The smallest absolute Gasteiger partial charge is 0.224 e. The van der Waals surface area contributed by atoms with Gasteiger partial charge in [-0.3, -0.25) is 15.0 Å². The van der Waals surface area contributed by atoms with Crippen molar-refractivity contribution in [2.45, 2.75) is 58.9 Å². The molecule has 2 aromatic carbocycles. The van der Waals surface area contributed by atoms with Gasteiger partial charge in [-0.25, -0.2) is 0 Å². The predicted octanol–water partition coefficient (Wildman–Crippen LogP) is 4.13. The molecule has 1 heterocycles. The van der Waals surface area contributed by atoms with Crippen molar-refractivity contribution in [1.29, 1.82) is 5.41 Å². The summed E-state index contributed by atoms with van der Waals surface area (Å²) in [5, 5.41) is 31.2. The normalized spacial score (nSPS) is 12.6. The van der Waals surface area contributed by atoms with E-state index >= 15 is 0 Å². The van der Waals surface area contributed by atoms with Crippen molar-refractivity contribution in [2.24, 2.45) is 0 Å². The number of phenols is 1. The lowest BCUT2D eigenvalue weighted by atomic mass is 9.84. The van der Waals surface area contributed by atoms with Crippen molar-refractivity contribution in [2.75, 3.05) is 33.4 Å². The van der Waals surface area contributed by atoms with E-state index in [0.717, 1.165) is 5.56 Å². The Morgan fingerprint density at radius 3 is 2.44 bits per heavy atom. The quantitative estimate of drug-likeness (QED) is 0.211. The van der Waals surface area contributed by atoms with Crippen LogP contribution in [0.15, 0.2) is 24.3 Å². The second-order valence-corrected chi connectivity index (χ2v) is 10.4. The van der Waals surface area contributed by atoms with E-state index < -0.39 is 5.41 Å². The van der Waals surface area contributed by atoms with Gasteiger partial charge in [0.1, 0.15) is 11.6 Å². The molecule has 1 aliphatic rings. The number of aliphatic hydroxyl groups excluding tert-OH is 1. The molecule has 1 amide bonds. The van der Waals surface area contributed by atoms with Crippen LogP contribution in [-0.2, 0) is 23.2 Å². The summed E-state index contributed by atoms with van der Waals surface area (Å²) < 4.78 is 11.5. The SMILES string of the molecule is Br.CCOc1cc2c(cc1CC(=O)NC)C(=N)N(CC(=O)c1cc(OCCCCO)c(O)c(C(C)(C)C)c1)C2. The summed E-state index contributed by atoms with van der Waals surface area (Å²) >= 11 is 0. The van der Waals surface area contributed by atoms with E-state index in [1.54, 1.807) is 30.1 Å². The average molecular weight is 607 g/mol. The van der Waals surface area contributed by atoms with E-state index in [2.05, 4.69) is 5.32 Å². The van der Waals surface area contributed by atoms with Crippen molar-refractivity contribution in [3.05, 3.63) is 52.1 Å². The van der Waals surface area contributed by atoms with Crippen LogP contribution in [0.4, 0.5) is 0 Å². The molecule has 2 aromatic rings. The summed E-state index contributed by atoms with van der Waals surface area (Å²) in [6, 6.07) is 6.90. The van der Waals surface area contributed by atoms with Crippen molar-refractivity contribution >= 4 is 34.5 Å². The fraction of sp³-hybridized carbons (Fsp3) is 0.483. The maximum Gasteiger partial charge on any atom is 0.224 e. The van der Waals surface area contributed by atoms with Gasteiger partial charge in [-0.2, -0.15) is 0 Å². The number of ether oxygens (including phenoxy) is 2. The molecule has 9 nitrogen and oxygen atoms in total. The number of carbonyl (C=O) groups is 2. The first-order valence-corrected chi connectivity index (χ1v) is 13.0. The molecule has 39 heavy (non-hydrogen) atoms. The number of nitrogens with zero attached hydrogens (tertiary/aromatic N) is 1. The number of aliphatic hydroxyl groups is 1. The van der Waals surface area contributed by atoms with Gasteiger partial charge in [0.25, 0.3) is 0 Å². The number of unbranched alkanes of at least 4 members (excludes halogenated alkanes) is 1. The van der Waals surface area contributed by atoms with Crippen molar-refractivity contribution in [3.8, 4) is 17.2 Å². The van der Waals surface area contributed by atoms with E-state index in [-0.39, 0.29) is 65.6 Å². The Morgan fingerprint density at radius 2 is 1.82 bits per heavy atom. The van der Waals surface area contributed by atoms with Gasteiger partial charge in [0.2, 0.25) is 5.91 Å². The number of fused-ring (bicyclic) bond motifs is 1. The van der Waals surface area contributed by atoms with Gasteiger partial charge in [0.15, 0.2) is 17.3 Å². The Kier molecular flexibility index (Phi) is 11.4. The zero-order chi connectivity index (χ0) is 28.0. The predicted molar refractivity (Wildman–Crippen MR) is 156 cm³/mol. The second-order valence-electron chi connectivity index (χ2n) is 10.4. The molecule has 4 N–H and O–H groups in total. The highest BCUT2D eigenvalue weighted by atomic mass is 79.9. The number of amides is 1. The third kappa shape index (κ3) is 7.73. The summed E-state index contributed by atoms with van der Waals surface area (Å²) in [6.07, 6.45) is 1.34. The number of hydrogen-bond donors (Lipinski definition) is 4. The number of nitrogens with one attached hydrogen (secondary N) is 2. The van der Waals surface area contributed by atoms with E-state index in [9.17, 15) is 14.7 Å². The average Bonchev–Trinajstić information content (AvgIpc) is 3.16. The van der Waals surface area contributed by atoms with Gasteiger partial charge in [-0.15, -0.1) is 17.0 Å². The van der Waals surface area contributed by atoms with Gasteiger partial charge in [-0.05, 0) is 55.0 Å². The van der Waals surface area contributed by atoms with Crippen LogP contribution in [0.3, 0.4) is 0 Å². The Labute approximate surface area is 240 Å². The van der Waals surface area contributed by atoms with Crippen LogP contribution in [0.5, 0.6) is 17.2 Å². The molecule has 1 aliphatic heterocycles. The standard InChI is InChI=1S/C29H39N3O6.BrH/c1-6-37-24-14-20-16-32(28(30)21(20)11-19(24)15-26(35)31-5)17-23(34)18-12-22(29(2,3)4)27(36)25(13-18)38-10-8-7-9-33;/h11-14,30,33,36H,6-10,15-17H2,1-5H3,(H,31,35);1H. The summed E-state index contributed by atoms with van der Waals surface area (Å²) in [5.74, 6) is 0.699. The molecule has 0 aliphatic carbocycles. The number of benzene rings is 2. The number of phenolic OH excluding ortho intramolecular Hbond substituents is 1. The van der Waals surface area contributed by atoms with Gasteiger partial charge < -0.3 is 29.9 Å². The minimum absolute atomic E-state index is 0. The molecule has 214 valence electrons. The number of carbonyl (C=O) groups excluding carboxylic acids is 2. The van der Waals surface area contributed by atoms with E-state index in [1.807, 2.05) is 33.8 Å². The van der Waals surface area contributed by atoms with Gasteiger partial charge in [-0.1, -0.05) is 20.8 Å². The van der Waals surface area contributed by atoms with Crippen LogP contribution in [0.2, 0.25) is 0 Å². The summed E-state index contributed by atoms with van der Waals surface area (Å²) in [7, 11) is 1.57. The minimum atomic E-state index is -0.434. The van der Waals surface area contributed by atoms with Crippen LogP contribution in [0, 0.1) is 5.41 Å². The first-order valence-electron chi connectivity index (χ1n) is 13.0. The first-order chi connectivity index (χ1) is 18.0. The number of rotatable bonds is 12. The van der Waals surface area contributed by atoms with Gasteiger partial charge in [0, 0.05) is 42.5 Å². The van der Waals surface area contributed by atoms with Crippen LogP contribution in [-0.4, -0.2) is 66.1 Å². The lowest BCUT2D eigenvalue weighted by Crippen LogP contribution is -2.30. The van der Waals surface area contributed by atoms with E-state index in [1.165, 1.54) is 0 Å². The molecule has 0 fully saturated rings. The lowest BCUT2D eigenvalue weighted by molar-refractivity contribution is -0.119. The fourth-order valence-electron chi connectivity index (χ4n) is 4.41. The molecule has 0 spiro atoms. The number of Topliss-reactive ketones (excluding diaryl/α,β-unsaturated/α-hetero) is 1. The third-order valence-electron chi connectivity index (χ3n) is 6.50. The fourth-order valence-corrected chi connectivity index (χ4v) is 4.41. The second kappa shape index (κ2) is 13.8. The minimum Gasteiger partial charge on any atom is -0.504 e. The molecule has 0 bridgehead atoms. The summed E-state index contributed by atoms with van der Waals surface area (Å²) in [5.41, 5.74) is 2.79.